The van der Waals surface area contributed by atoms with E-state index in [-0.39, 0.29) is 6.61 Å². The summed E-state index contributed by atoms with van der Waals surface area (Å²) < 4.78 is 11.3. The van der Waals surface area contributed by atoms with Crippen molar-refractivity contribution < 1.29 is 29.9 Å². The number of hydrogen-bond acceptors (Lipinski definition) is 6. The first-order chi connectivity index (χ1) is 14.4. The molecule has 5 atom stereocenters. The fourth-order valence-electron chi connectivity index (χ4n) is 4.13. The van der Waals surface area contributed by atoms with Crippen molar-refractivity contribution in [3.05, 3.63) is 70.3 Å². The largest absolute Gasteiger partial charge is 0.394 e. The van der Waals surface area contributed by atoms with Gasteiger partial charge in [0, 0.05) is 7.11 Å². The molecule has 6 heteroatoms. The molecule has 2 aromatic carbocycles. The summed E-state index contributed by atoms with van der Waals surface area (Å²) in [7, 11) is 1.48. The molecule has 0 amide bonds. The maximum absolute atomic E-state index is 10.9. The highest BCUT2D eigenvalue weighted by Crippen LogP contribution is 2.39. The van der Waals surface area contributed by atoms with Crippen LogP contribution in [0.3, 0.4) is 0 Å². The van der Waals surface area contributed by atoms with E-state index in [9.17, 15) is 20.4 Å². The van der Waals surface area contributed by atoms with Gasteiger partial charge in [-0.05, 0) is 47.6 Å². The summed E-state index contributed by atoms with van der Waals surface area (Å²) in [6, 6.07) is 14.2. The number of hydrogen-bond donors (Lipinski definition) is 4. The van der Waals surface area contributed by atoms with Crippen molar-refractivity contribution in [2.75, 3.05) is 20.3 Å². The summed E-state index contributed by atoms with van der Waals surface area (Å²) in [5.74, 6) is 0. The maximum atomic E-state index is 10.9. The SMILES string of the molecule is CCc1ccc(Cc2cc(C3(COC)OC(CO)C(O)C(O)C3O)ccc2C)cc1. The van der Waals surface area contributed by atoms with Gasteiger partial charge in [0.25, 0.3) is 0 Å². The Kier molecular flexibility index (Phi) is 7.29. The first kappa shape index (κ1) is 22.9. The standard InChI is InChI=1S/C24H32O6/c1-4-16-6-8-17(9-7-16)11-18-12-19(10-5-15(18)2)24(14-29-3)23(28)22(27)21(26)20(13-25)30-24/h5-10,12,20-23,25-28H,4,11,13-14H2,1-3H3. The van der Waals surface area contributed by atoms with Crippen molar-refractivity contribution in [1.82, 2.24) is 0 Å². The zero-order valence-electron chi connectivity index (χ0n) is 17.8. The third-order valence-electron chi connectivity index (χ3n) is 6.10. The molecule has 164 valence electrons. The average Bonchev–Trinajstić information content (AvgIpc) is 2.76. The average molecular weight is 417 g/mol. The van der Waals surface area contributed by atoms with E-state index in [0.717, 1.165) is 17.5 Å². The molecular formula is C24H32O6. The lowest BCUT2D eigenvalue weighted by Gasteiger charge is -2.48. The lowest BCUT2D eigenvalue weighted by atomic mass is 9.79. The van der Waals surface area contributed by atoms with E-state index in [4.69, 9.17) is 9.47 Å². The first-order valence-electron chi connectivity index (χ1n) is 10.4. The second-order valence-corrected chi connectivity index (χ2v) is 8.08. The summed E-state index contributed by atoms with van der Waals surface area (Å²) in [5, 5.41) is 41.1. The molecule has 0 radical (unpaired) electrons. The Labute approximate surface area is 177 Å². The summed E-state index contributed by atoms with van der Waals surface area (Å²) >= 11 is 0. The summed E-state index contributed by atoms with van der Waals surface area (Å²) in [5.41, 5.74) is 3.83. The van der Waals surface area contributed by atoms with Gasteiger partial charge < -0.3 is 29.9 Å². The van der Waals surface area contributed by atoms with Crippen LogP contribution in [0.5, 0.6) is 0 Å². The molecule has 3 rings (SSSR count). The smallest absolute Gasteiger partial charge is 0.145 e. The number of rotatable bonds is 7. The molecule has 0 aromatic heterocycles. The van der Waals surface area contributed by atoms with Crippen LogP contribution in [0.2, 0.25) is 0 Å². The molecule has 1 fully saturated rings. The molecule has 1 aliphatic heterocycles. The number of methoxy groups -OCH3 is 1. The Morgan fingerprint density at radius 3 is 2.27 bits per heavy atom. The number of ether oxygens (including phenoxy) is 2. The van der Waals surface area contributed by atoms with Crippen molar-refractivity contribution in [3.8, 4) is 0 Å². The van der Waals surface area contributed by atoms with E-state index in [1.807, 2.05) is 25.1 Å². The van der Waals surface area contributed by atoms with Gasteiger partial charge in [-0.3, -0.25) is 0 Å². The van der Waals surface area contributed by atoms with Gasteiger partial charge in [-0.2, -0.15) is 0 Å². The number of benzene rings is 2. The third-order valence-corrected chi connectivity index (χ3v) is 6.10. The Hall–Kier alpha value is -1.80. The zero-order chi connectivity index (χ0) is 21.9. The van der Waals surface area contributed by atoms with Crippen LogP contribution < -0.4 is 0 Å². The van der Waals surface area contributed by atoms with E-state index in [0.29, 0.717) is 12.0 Å². The molecule has 2 aromatic rings. The van der Waals surface area contributed by atoms with Crippen LogP contribution in [0.1, 0.15) is 34.7 Å². The second kappa shape index (κ2) is 9.56. The van der Waals surface area contributed by atoms with Gasteiger partial charge >= 0.3 is 0 Å². The monoisotopic (exact) mass is 416 g/mol. The van der Waals surface area contributed by atoms with Crippen LogP contribution in [0, 0.1) is 6.92 Å². The fourth-order valence-corrected chi connectivity index (χ4v) is 4.13. The molecule has 1 heterocycles. The number of aryl methyl sites for hydroxylation is 2. The van der Waals surface area contributed by atoms with Gasteiger partial charge in [-0.25, -0.2) is 0 Å². The molecule has 5 unspecified atom stereocenters. The molecule has 1 saturated heterocycles. The van der Waals surface area contributed by atoms with Crippen LogP contribution in [-0.4, -0.2) is 65.2 Å². The Morgan fingerprint density at radius 2 is 1.67 bits per heavy atom. The topological polar surface area (TPSA) is 99.4 Å². The molecule has 0 bridgehead atoms. The maximum Gasteiger partial charge on any atom is 0.145 e. The molecule has 1 aliphatic rings. The summed E-state index contributed by atoms with van der Waals surface area (Å²) in [4.78, 5) is 0. The van der Waals surface area contributed by atoms with Gasteiger partial charge in [0.05, 0.1) is 13.2 Å². The summed E-state index contributed by atoms with van der Waals surface area (Å²) in [6.45, 7) is 3.62. The Bertz CT molecular complexity index is 834. The molecule has 30 heavy (non-hydrogen) atoms. The van der Waals surface area contributed by atoms with Crippen LogP contribution in [0.15, 0.2) is 42.5 Å². The van der Waals surface area contributed by atoms with E-state index >= 15 is 0 Å². The van der Waals surface area contributed by atoms with E-state index in [1.165, 1.54) is 18.2 Å². The molecule has 0 aliphatic carbocycles. The zero-order valence-corrected chi connectivity index (χ0v) is 17.8. The lowest BCUT2D eigenvalue weighted by Crippen LogP contribution is -2.65. The van der Waals surface area contributed by atoms with Crippen molar-refractivity contribution >= 4 is 0 Å². The molecule has 6 nitrogen and oxygen atoms in total. The van der Waals surface area contributed by atoms with Crippen molar-refractivity contribution in [1.29, 1.82) is 0 Å². The Balaban J connectivity index is 1.99. The second-order valence-electron chi connectivity index (χ2n) is 8.08. The van der Waals surface area contributed by atoms with Crippen LogP contribution >= 0.6 is 0 Å². The Morgan fingerprint density at radius 1 is 1.00 bits per heavy atom. The van der Waals surface area contributed by atoms with E-state index in [2.05, 4.69) is 31.2 Å². The van der Waals surface area contributed by atoms with Crippen LogP contribution in [0.4, 0.5) is 0 Å². The highest BCUT2D eigenvalue weighted by atomic mass is 16.6. The number of aliphatic hydroxyl groups is 4. The molecule has 0 saturated carbocycles. The van der Waals surface area contributed by atoms with Gasteiger partial charge in [-0.15, -0.1) is 0 Å². The minimum Gasteiger partial charge on any atom is -0.394 e. The van der Waals surface area contributed by atoms with Crippen molar-refractivity contribution in [2.24, 2.45) is 0 Å². The lowest BCUT2D eigenvalue weighted by molar-refractivity contribution is -0.290. The van der Waals surface area contributed by atoms with Crippen LogP contribution in [0.25, 0.3) is 0 Å². The van der Waals surface area contributed by atoms with E-state index < -0.39 is 36.6 Å². The molecule has 4 N–H and O–H groups in total. The third kappa shape index (κ3) is 4.30. The van der Waals surface area contributed by atoms with Gasteiger partial charge in [0.1, 0.15) is 30.0 Å². The predicted molar refractivity (Wildman–Crippen MR) is 113 cm³/mol. The van der Waals surface area contributed by atoms with Gasteiger partial charge in [0.15, 0.2) is 0 Å². The predicted octanol–water partition coefficient (Wildman–Crippen LogP) is 1.46. The first-order valence-corrected chi connectivity index (χ1v) is 10.4. The quantitative estimate of drug-likeness (QED) is 0.546. The minimum absolute atomic E-state index is 0.0395. The highest BCUT2D eigenvalue weighted by Gasteiger charge is 2.54. The fraction of sp³-hybridized carbons (Fsp3) is 0.500. The number of aliphatic hydroxyl groups excluding tert-OH is 4. The van der Waals surface area contributed by atoms with Gasteiger partial charge in [-0.1, -0.05) is 49.4 Å². The highest BCUT2D eigenvalue weighted by molar-refractivity contribution is 5.39. The molecule has 0 spiro atoms. The van der Waals surface area contributed by atoms with Crippen molar-refractivity contribution in [3.63, 3.8) is 0 Å². The van der Waals surface area contributed by atoms with Crippen molar-refractivity contribution in [2.45, 2.75) is 56.7 Å². The normalized spacial score (nSPS) is 29.2. The van der Waals surface area contributed by atoms with E-state index in [1.54, 1.807) is 0 Å². The summed E-state index contributed by atoms with van der Waals surface area (Å²) in [6.07, 6.45) is -3.63. The van der Waals surface area contributed by atoms with Crippen LogP contribution in [-0.2, 0) is 27.9 Å². The molecular weight excluding hydrogens is 384 g/mol. The van der Waals surface area contributed by atoms with Gasteiger partial charge in [0.2, 0.25) is 0 Å². The minimum atomic E-state index is -1.47.